The van der Waals surface area contributed by atoms with Crippen molar-refractivity contribution in [1.29, 1.82) is 0 Å². The van der Waals surface area contributed by atoms with Crippen molar-refractivity contribution in [2.45, 2.75) is 357 Å². The molecule has 14 heteroatoms. The molecule has 9 N–H and O–H groups in total. The van der Waals surface area contributed by atoms with Crippen LogP contribution in [-0.4, -0.2) is 140 Å². The molecule has 450 valence electrons. The number of ether oxygens (including phenoxy) is 4. The van der Waals surface area contributed by atoms with Crippen molar-refractivity contribution in [1.82, 2.24) is 5.32 Å². The van der Waals surface area contributed by atoms with Gasteiger partial charge < -0.3 is 65.1 Å². The van der Waals surface area contributed by atoms with Crippen molar-refractivity contribution in [3.8, 4) is 0 Å². The molecule has 0 bridgehead atoms. The maximum Gasteiger partial charge on any atom is 0.220 e. The SMILES string of the molecule is CCCCCCCC/C=C/C(O)C(COC1OC(CO)C(OC2OC(CO)C(O)C(O)C2O)C(O)C1O)NC(=O)CCCCCCCCCCCCCCCCCCCCCCCCCCCCCCCCCCCC. The molecule has 0 aromatic heterocycles. The van der Waals surface area contributed by atoms with E-state index in [0.29, 0.717) is 6.42 Å². The highest BCUT2D eigenvalue weighted by Crippen LogP contribution is 2.30. The first-order valence-corrected chi connectivity index (χ1v) is 31.9. The number of rotatable bonds is 52. The van der Waals surface area contributed by atoms with Crippen molar-refractivity contribution in [3.05, 3.63) is 12.2 Å². The predicted molar refractivity (Wildman–Crippen MR) is 305 cm³/mol. The van der Waals surface area contributed by atoms with Crippen molar-refractivity contribution >= 4 is 5.91 Å². The highest BCUT2D eigenvalue weighted by atomic mass is 16.7. The number of hydrogen-bond donors (Lipinski definition) is 9. The van der Waals surface area contributed by atoms with E-state index in [4.69, 9.17) is 18.9 Å². The molecule has 0 saturated carbocycles. The molecule has 12 atom stereocenters. The lowest BCUT2D eigenvalue weighted by Crippen LogP contribution is -2.65. The second-order valence-corrected chi connectivity index (χ2v) is 22.9. The van der Waals surface area contributed by atoms with E-state index < -0.39 is 86.8 Å². The van der Waals surface area contributed by atoms with Crippen molar-refractivity contribution in [3.63, 3.8) is 0 Å². The van der Waals surface area contributed by atoms with Gasteiger partial charge in [-0.2, -0.15) is 0 Å². The van der Waals surface area contributed by atoms with Gasteiger partial charge in [-0.3, -0.25) is 4.79 Å². The molecule has 12 unspecified atom stereocenters. The van der Waals surface area contributed by atoms with E-state index in [0.717, 1.165) is 44.9 Å². The minimum atomic E-state index is -1.78. The van der Waals surface area contributed by atoms with Gasteiger partial charge in [0.05, 0.1) is 32.0 Å². The molecule has 2 aliphatic rings. The van der Waals surface area contributed by atoms with Gasteiger partial charge in [0.1, 0.15) is 48.8 Å². The number of aliphatic hydroxyl groups excluding tert-OH is 8. The number of allylic oxidation sites excluding steroid dienone is 1. The summed E-state index contributed by atoms with van der Waals surface area (Å²) in [6.45, 7) is 2.77. The first kappa shape index (κ1) is 70.8. The van der Waals surface area contributed by atoms with Gasteiger partial charge in [-0.05, 0) is 19.3 Å². The minimum Gasteiger partial charge on any atom is -0.394 e. The Bertz CT molecular complexity index is 1330. The van der Waals surface area contributed by atoms with Gasteiger partial charge >= 0.3 is 0 Å². The molecule has 2 fully saturated rings. The lowest BCUT2D eigenvalue weighted by Gasteiger charge is -2.46. The third-order valence-electron chi connectivity index (χ3n) is 16.0. The molecule has 2 rings (SSSR count). The number of hydrogen-bond acceptors (Lipinski definition) is 13. The van der Waals surface area contributed by atoms with Crippen LogP contribution >= 0.6 is 0 Å². The summed E-state index contributed by atoms with van der Waals surface area (Å²) in [4.78, 5) is 13.2. The van der Waals surface area contributed by atoms with Crippen LogP contribution in [0.5, 0.6) is 0 Å². The van der Waals surface area contributed by atoms with Gasteiger partial charge in [-0.15, -0.1) is 0 Å². The van der Waals surface area contributed by atoms with Crippen LogP contribution in [0.15, 0.2) is 12.2 Å². The van der Waals surface area contributed by atoms with Crippen LogP contribution < -0.4 is 5.32 Å². The Labute approximate surface area is 463 Å². The molecular weight excluding hydrogens is 967 g/mol. The maximum atomic E-state index is 13.2. The zero-order valence-electron chi connectivity index (χ0n) is 48.5. The predicted octanol–water partition coefficient (Wildman–Crippen LogP) is 11.5. The molecule has 0 aromatic rings. The lowest BCUT2D eigenvalue weighted by atomic mass is 9.97. The molecule has 2 saturated heterocycles. The van der Waals surface area contributed by atoms with Gasteiger partial charge in [0.25, 0.3) is 0 Å². The van der Waals surface area contributed by atoms with E-state index in [1.54, 1.807) is 6.08 Å². The molecule has 0 radical (unpaired) electrons. The van der Waals surface area contributed by atoms with Crippen LogP contribution in [0.1, 0.15) is 284 Å². The summed E-state index contributed by atoms with van der Waals surface area (Å²) in [7, 11) is 0. The van der Waals surface area contributed by atoms with Crippen molar-refractivity contribution < 1.29 is 64.6 Å². The fourth-order valence-electron chi connectivity index (χ4n) is 10.8. The lowest BCUT2D eigenvalue weighted by molar-refractivity contribution is -0.359. The Balaban J connectivity index is 1.54. The normalized spacial score (nSPS) is 24.9. The molecule has 0 aromatic carbocycles. The summed E-state index contributed by atoms with van der Waals surface area (Å²) in [6.07, 6.45) is 40.4. The third-order valence-corrected chi connectivity index (χ3v) is 16.0. The second kappa shape index (κ2) is 48.4. The standard InChI is InChI=1S/C62H119NO13/c1-3-5-7-9-11-13-14-15-16-17-18-19-20-21-22-23-24-25-26-27-28-29-30-31-32-33-34-35-36-37-38-40-42-44-46-54(67)63-50(51(66)45-43-41-39-12-10-8-6-4-2)49-73-61-59(72)57(70)60(53(48-65)75-61)76-62-58(71)56(69)55(68)52(47-64)74-62/h43,45,50-53,55-62,64-66,68-72H,3-42,44,46-49H2,1-2H3,(H,63,67)/b45-43+. The number of unbranched alkanes of at least 4 members (excludes halogenated alkanes) is 39. The Kier molecular flexibility index (Phi) is 45.1. The Morgan fingerprint density at radius 2 is 0.816 bits per heavy atom. The summed E-state index contributed by atoms with van der Waals surface area (Å²) < 4.78 is 22.7. The summed E-state index contributed by atoms with van der Waals surface area (Å²) in [5.41, 5.74) is 0. The largest absolute Gasteiger partial charge is 0.394 e. The Hall–Kier alpha value is -1.27. The molecule has 14 nitrogen and oxygen atoms in total. The first-order valence-electron chi connectivity index (χ1n) is 31.9. The van der Waals surface area contributed by atoms with Gasteiger partial charge in [0.2, 0.25) is 5.91 Å². The molecule has 2 heterocycles. The topological polar surface area (TPSA) is 228 Å². The van der Waals surface area contributed by atoms with Crippen LogP contribution in [0.3, 0.4) is 0 Å². The van der Waals surface area contributed by atoms with Crippen molar-refractivity contribution in [2.75, 3.05) is 19.8 Å². The number of nitrogens with one attached hydrogen (secondary N) is 1. The van der Waals surface area contributed by atoms with Gasteiger partial charge in [-0.1, -0.05) is 270 Å². The van der Waals surface area contributed by atoms with E-state index in [1.165, 1.54) is 212 Å². The van der Waals surface area contributed by atoms with Crippen LogP contribution in [0.4, 0.5) is 0 Å². The Morgan fingerprint density at radius 1 is 0.461 bits per heavy atom. The highest BCUT2D eigenvalue weighted by molar-refractivity contribution is 5.76. The molecule has 76 heavy (non-hydrogen) atoms. The zero-order chi connectivity index (χ0) is 55.3. The number of carbonyl (C=O) groups excluding carboxylic acids is 1. The average Bonchev–Trinajstić information content (AvgIpc) is 3.42. The molecule has 0 spiro atoms. The van der Waals surface area contributed by atoms with E-state index in [-0.39, 0.29) is 18.9 Å². The number of carbonyl (C=O) groups is 1. The minimum absolute atomic E-state index is 0.237. The van der Waals surface area contributed by atoms with Gasteiger partial charge in [0.15, 0.2) is 12.6 Å². The van der Waals surface area contributed by atoms with Crippen LogP contribution in [0.25, 0.3) is 0 Å². The summed E-state index contributed by atoms with van der Waals surface area (Å²) in [5, 5.41) is 86.7. The molecule has 0 aliphatic carbocycles. The molecular formula is C62H119NO13. The Morgan fingerprint density at radius 3 is 1.21 bits per heavy atom. The van der Waals surface area contributed by atoms with Gasteiger partial charge in [0, 0.05) is 6.42 Å². The van der Waals surface area contributed by atoms with Crippen LogP contribution in [0.2, 0.25) is 0 Å². The van der Waals surface area contributed by atoms with Crippen LogP contribution in [0, 0.1) is 0 Å². The number of amides is 1. The smallest absolute Gasteiger partial charge is 0.220 e. The monoisotopic (exact) mass is 1090 g/mol. The fourth-order valence-corrected chi connectivity index (χ4v) is 10.8. The highest BCUT2D eigenvalue weighted by Gasteiger charge is 2.51. The summed E-state index contributed by atoms with van der Waals surface area (Å²) in [5.74, 6) is -0.237. The van der Waals surface area contributed by atoms with Gasteiger partial charge in [-0.25, -0.2) is 0 Å². The number of aliphatic hydroxyl groups is 8. The fraction of sp³-hybridized carbons (Fsp3) is 0.952. The van der Waals surface area contributed by atoms with E-state index in [9.17, 15) is 45.6 Å². The first-order chi connectivity index (χ1) is 37.1. The quantitative estimate of drug-likeness (QED) is 0.0204. The summed E-state index contributed by atoms with van der Waals surface area (Å²) >= 11 is 0. The second-order valence-electron chi connectivity index (χ2n) is 22.9. The van der Waals surface area contributed by atoms with Crippen molar-refractivity contribution in [2.24, 2.45) is 0 Å². The average molecular weight is 1090 g/mol. The van der Waals surface area contributed by atoms with Crippen LogP contribution in [-0.2, 0) is 23.7 Å². The maximum absolute atomic E-state index is 13.2. The molecule has 2 aliphatic heterocycles. The summed E-state index contributed by atoms with van der Waals surface area (Å²) in [6, 6.07) is -0.907. The third kappa shape index (κ3) is 33.5. The van der Waals surface area contributed by atoms with E-state index >= 15 is 0 Å². The van der Waals surface area contributed by atoms with E-state index in [1.807, 2.05) is 6.08 Å². The zero-order valence-corrected chi connectivity index (χ0v) is 48.5. The molecule has 1 amide bonds. The van der Waals surface area contributed by atoms with E-state index in [2.05, 4.69) is 19.2 Å².